The Morgan fingerprint density at radius 1 is 0.909 bits per heavy atom. The third kappa shape index (κ3) is 5.29. The van der Waals surface area contributed by atoms with Crippen molar-refractivity contribution >= 4 is 0 Å². The second-order valence-corrected chi connectivity index (χ2v) is 3.95. The lowest BCUT2D eigenvalue weighted by atomic mass is 9.82. The van der Waals surface area contributed by atoms with Gasteiger partial charge in [-0.3, -0.25) is 0 Å². The molecule has 1 rings (SSSR count). The smallest absolute Gasteiger partial charge is 0.0417 e. The Balaban J connectivity index is 0.000000292. The average molecular weight is 156 g/mol. The molecule has 0 heteroatoms. The quantitative estimate of drug-likeness (QED) is 0.492. The van der Waals surface area contributed by atoms with Crippen LogP contribution in [-0.4, -0.2) is 0 Å². The summed E-state index contributed by atoms with van der Waals surface area (Å²) >= 11 is 0. The summed E-state index contributed by atoms with van der Waals surface area (Å²) in [5.74, 6) is 2.01. The Bertz CT molecular complexity index is 66.1. The van der Waals surface area contributed by atoms with Gasteiger partial charge in [0.25, 0.3) is 0 Å². The summed E-state index contributed by atoms with van der Waals surface area (Å²) in [4.78, 5) is 0. The summed E-state index contributed by atoms with van der Waals surface area (Å²) in [5.41, 5.74) is 0. The monoisotopic (exact) mass is 156 g/mol. The average Bonchev–Trinajstić information content (AvgIpc) is 1.97. The van der Waals surface area contributed by atoms with Crippen molar-refractivity contribution in [1.29, 1.82) is 0 Å². The summed E-state index contributed by atoms with van der Waals surface area (Å²) in [6, 6.07) is 0. The second kappa shape index (κ2) is 6.69. The molecule has 0 aromatic rings. The van der Waals surface area contributed by atoms with Crippen molar-refractivity contribution in [2.45, 2.75) is 59.8 Å². The zero-order valence-electron chi connectivity index (χ0n) is 8.69. The maximum atomic E-state index is 2.38. The zero-order valence-corrected chi connectivity index (χ0v) is 8.69. The van der Waals surface area contributed by atoms with Gasteiger partial charge in [0.2, 0.25) is 0 Å². The van der Waals surface area contributed by atoms with E-state index in [1.807, 2.05) is 0 Å². The van der Waals surface area contributed by atoms with Crippen LogP contribution < -0.4 is 0 Å². The maximum absolute atomic E-state index is 2.38. The third-order valence-corrected chi connectivity index (χ3v) is 2.54. The summed E-state index contributed by atoms with van der Waals surface area (Å²) < 4.78 is 0. The van der Waals surface area contributed by atoms with Crippen LogP contribution in [-0.2, 0) is 0 Å². The molecule has 1 fully saturated rings. The molecule has 1 aliphatic carbocycles. The summed E-state index contributed by atoms with van der Waals surface area (Å²) in [6.07, 6.45) is 7.15. The number of rotatable bonds is 0. The van der Waals surface area contributed by atoms with Crippen LogP contribution >= 0.6 is 0 Å². The van der Waals surface area contributed by atoms with Crippen LogP contribution in [0.2, 0.25) is 0 Å². The van der Waals surface area contributed by atoms with Crippen LogP contribution in [0.3, 0.4) is 0 Å². The highest BCUT2D eigenvalue weighted by Crippen LogP contribution is 2.28. The van der Waals surface area contributed by atoms with E-state index >= 15 is 0 Å². The van der Waals surface area contributed by atoms with Crippen LogP contribution in [0.1, 0.15) is 59.8 Å². The predicted octanol–water partition coefficient (Wildman–Crippen LogP) is 4.25. The van der Waals surface area contributed by atoms with Gasteiger partial charge in [0, 0.05) is 0 Å². The van der Waals surface area contributed by atoms with Crippen LogP contribution in [0.4, 0.5) is 0 Å². The third-order valence-electron chi connectivity index (χ3n) is 2.54. The van der Waals surface area contributed by atoms with Gasteiger partial charge in [-0.15, -0.1) is 0 Å². The van der Waals surface area contributed by atoms with Gasteiger partial charge >= 0.3 is 0 Å². The van der Waals surface area contributed by atoms with Crippen LogP contribution in [0.25, 0.3) is 0 Å². The molecule has 0 heterocycles. The first kappa shape index (κ1) is 11.0. The second-order valence-electron chi connectivity index (χ2n) is 3.95. The van der Waals surface area contributed by atoms with Gasteiger partial charge < -0.3 is 0 Å². The first-order chi connectivity index (χ1) is 5.22. The minimum atomic E-state index is 1.00. The first-order valence-electron chi connectivity index (χ1n) is 5.22. The van der Waals surface area contributed by atoms with E-state index in [1.165, 1.54) is 32.1 Å². The lowest BCUT2D eigenvalue weighted by Gasteiger charge is -2.24. The SMILES string of the molecule is CCC.C[C@@H]1CCCC[C@H]1C. The van der Waals surface area contributed by atoms with Gasteiger partial charge in [-0.2, -0.15) is 0 Å². The molecular formula is C11H24. The van der Waals surface area contributed by atoms with Crippen molar-refractivity contribution in [3.63, 3.8) is 0 Å². The van der Waals surface area contributed by atoms with E-state index in [0.717, 1.165) is 11.8 Å². The van der Waals surface area contributed by atoms with Gasteiger partial charge in [0.05, 0.1) is 0 Å². The Labute approximate surface area is 72.4 Å². The lowest BCUT2D eigenvalue weighted by Crippen LogP contribution is -2.12. The molecule has 0 radical (unpaired) electrons. The highest BCUT2D eigenvalue weighted by atomic mass is 14.2. The van der Waals surface area contributed by atoms with E-state index in [0.29, 0.717) is 0 Å². The Morgan fingerprint density at radius 3 is 1.36 bits per heavy atom. The maximum Gasteiger partial charge on any atom is -0.0417 e. The lowest BCUT2D eigenvalue weighted by molar-refractivity contribution is 0.277. The molecule has 1 aliphatic rings. The van der Waals surface area contributed by atoms with Crippen molar-refractivity contribution in [2.24, 2.45) is 11.8 Å². The van der Waals surface area contributed by atoms with E-state index in [1.54, 1.807) is 0 Å². The molecule has 68 valence electrons. The minimum Gasteiger partial charge on any atom is -0.0656 e. The molecule has 0 amide bonds. The summed E-state index contributed by atoms with van der Waals surface area (Å²) in [5, 5.41) is 0. The molecule has 11 heavy (non-hydrogen) atoms. The number of hydrogen-bond donors (Lipinski definition) is 0. The van der Waals surface area contributed by atoms with Gasteiger partial charge in [0.15, 0.2) is 0 Å². The molecule has 0 unspecified atom stereocenters. The molecule has 2 atom stereocenters. The van der Waals surface area contributed by atoms with Crippen LogP contribution in [0.5, 0.6) is 0 Å². The summed E-state index contributed by atoms with van der Waals surface area (Å²) in [7, 11) is 0. The molecule has 0 saturated heterocycles. The Morgan fingerprint density at radius 2 is 1.18 bits per heavy atom. The zero-order chi connectivity index (χ0) is 8.69. The highest BCUT2D eigenvalue weighted by Gasteiger charge is 2.15. The molecule has 0 N–H and O–H groups in total. The Hall–Kier alpha value is 0. The van der Waals surface area contributed by atoms with Gasteiger partial charge in [-0.1, -0.05) is 59.8 Å². The predicted molar refractivity (Wildman–Crippen MR) is 52.8 cm³/mol. The van der Waals surface area contributed by atoms with E-state index in [2.05, 4.69) is 27.7 Å². The molecule has 0 spiro atoms. The topological polar surface area (TPSA) is 0 Å². The first-order valence-corrected chi connectivity index (χ1v) is 5.22. The fourth-order valence-corrected chi connectivity index (χ4v) is 1.50. The fraction of sp³-hybridized carbons (Fsp3) is 1.00. The largest absolute Gasteiger partial charge is 0.0656 e. The van der Waals surface area contributed by atoms with E-state index < -0.39 is 0 Å². The molecule has 0 aliphatic heterocycles. The van der Waals surface area contributed by atoms with E-state index in [9.17, 15) is 0 Å². The normalized spacial score (nSPS) is 30.5. The standard InChI is InChI=1S/C8H16.C3H8/c1-7-5-3-4-6-8(7)2;1-3-2/h7-8H,3-6H2,1-2H3;3H2,1-2H3/t7-,8-;/m1./s1. The van der Waals surface area contributed by atoms with Crippen molar-refractivity contribution in [3.8, 4) is 0 Å². The van der Waals surface area contributed by atoms with E-state index in [-0.39, 0.29) is 0 Å². The van der Waals surface area contributed by atoms with Gasteiger partial charge in [-0.25, -0.2) is 0 Å². The molecule has 0 aromatic carbocycles. The molecule has 0 bridgehead atoms. The summed E-state index contributed by atoms with van der Waals surface area (Å²) in [6.45, 7) is 9.01. The van der Waals surface area contributed by atoms with Crippen molar-refractivity contribution < 1.29 is 0 Å². The van der Waals surface area contributed by atoms with Crippen molar-refractivity contribution in [1.82, 2.24) is 0 Å². The Kier molecular flexibility index (Phi) is 6.69. The van der Waals surface area contributed by atoms with E-state index in [4.69, 9.17) is 0 Å². The van der Waals surface area contributed by atoms with Gasteiger partial charge in [0.1, 0.15) is 0 Å². The minimum absolute atomic E-state index is 1.00. The fourth-order valence-electron chi connectivity index (χ4n) is 1.50. The molecule has 1 saturated carbocycles. The molecular weight excluding hydrogens is 132 g/mol. The van der Waals surface area contributed by atoms with Gasteiger partial charge in [-0.05, 0) is 11.8 Å². The van der Waals surface area contributed by atoms with Crippen LogP contribution in [0.15, 0.2) is 0 Å². The highest BCUT2D eigenvalue weighted by molar-refractivity contribution is 4.67. The number of hydrogen-bond acceptors (Lipinski definition) is 0. The van der Waals surface area contributed by atoms with Crippen LogP contribution in [0, 0.1) is 11.8 Å². The van der Waals surface area contributed by atoms with Crippen molar-refractivity contribution in [3.05, 3.63) is 0 Å². The molecule has 0 nitrogen and oxygen atoms in total. The molecule has 0 aromatic heterocycles. The van der Waals surface area contributed by atoms with Crippen molar-refractivity contribution in [2.75, 3.05) is 0 Å².